The van der Waals surface area contributed by atoms with Crippen molar-refractivity contribution in [3.63, 3.8) is 0 Å². The second-order valence-corrected chi connectivity index (χ2v) is 6.22. The number of benzene rings is 2. The van der Waals surface area contributed by atoms with Crippen LogP contribution in [-0.2, 0) is 14.3 Å². The van der Waals surface area contributed by atoms with E-state index < -0.39 is 18.0 Å². The normalized spacial score (nSPS) is 13.4. The van der Waals surface area contributed by atoms with Crippen molar-refractivity contribution in [2.75, 3.05) is 17.2 Å². The molecule has 2 aromatic carbocycles. The van der Waals surface area contributed by atoms with Crippen LogP contribution >= 0.6 is 0 Å². The molecule has 1 atom stereocenters. The van der Waals surface area contributed by atoms with Crippen LogP contribution < -0.4 is 15.4 Å². The summed E-state index contributed by atoms with van der Waals surface area (Å²) in [6.45, 7) is 2.74. The molecule has 144 valence electrons. The highest BCUT2D eigenvalue weighted by molar-refractivity contribution is 6.00. The summed E-state index contributed by atoms with van der Waals surface area (Å²) in [6.07, 6.45) is -1.06. The number of amides is 2. The molecule has 2 N–H and O–H groups in total. The molecule has 1 unspecified atom stereocenters. The maximum absolute atomic E-state index is 12.3. The van der Waals surface area contributed by atoms with Crippen LogP contribution in [0.4, 0.5) is 11.4 Å². The summed E-state index contributed by atoms with van der Waals surface area (Å²) in [7, 11) is 0. The number of ketones is 1. The highest BCUT2D eigenvalue weighted by atomic mass is 16.5. The summed E-state index contributed by atoms with van der Waals surface area (Å²) in [4.78, 5) is 47.3. The Morgan fingerprint density at radius 1 is 1.14 bits per heavy atom. The standard InChI is InChI=1S/C20H18N2O6/c1-11(23)13-4-3-5-15(8-13)21-19(25)12(2)28-20(26)14-6-7-16-17(9-14)27-10-18(24)22-16/h3-9,12H,10H2,1-2H3,(H,21,25)(H,22,24). The highest BCUT2D eigenvalue weighted by Crippen LogP contribution is 2.28. The lowest BCUT2D eigenvalue weighted by molar-refractivity contribution is -0.123. The first kappa shape index (κ1) is 19.1. The van der Waals surface area contributed by atoms with Crippen LogP contribution in [0.25, 0.3) is 0 Å². The molecule has 2 aromatic rings. The first-order valence-corrected chi connectivity index (χ1v) is 8.53. The van der Waals surface area contributed by atoms with E-state index >= 15 is 0 Å². The number of carbonyl (C=O) groups is 4. The Labute approximate surface area is 160 Å². The van der Waals surface area contributed by atoms with Crippen LogP contribution in [0.2, 0.25) is 0 Å². The third-order valence-corrected chi connectivity index (χ3v) is 4.04. The van der Waals surface area contributed by atoms with Crippen LogP contribution in [0.15, 0.2) is 42.5 Å². The lowest BCUT2D eigenvalue weighted by Crippen LogP contribution is -2.30. The van der Waals surface area contributed by atoms with Crippen LogP contribution in [0.1, 0.15) is 34.6 Å². The van der Waals surface area contributed by atoms with Gasteiger partial charge in [0.1, 0.15) is 5.75 Å². The number of Topliss-reactive ketones (excluding diaryl/α,β-unsaturated/α-hetero) is 1. The van der Waals surface area contributed by atoms with Gasteiger partial charge >= 0.3 is 5.97 Å². The molecule has 0 fully saturated rings. The van der Waals surface area contributed by atoms with Gasteiger partial charge < -0.3 is 20.1 Å². The summed E-state index contributed by atoms with van der Waals surface area (Å²) in [5, 5.41) is 5.23. The Bertz CT molecular complexity index is 969. The summed E-state index contributed by atoms with van der Waals surface area (Å²) in [5.41, 5.74) is 1.54. The fourth-order valence-electron chi connectivity index (χ4n) is 2.54. The van der Waals surface area contributed by atoms with Crippen molar-refractivity contribution in [2.24, 2.45) is 0 Å². The number of esters is 1. The number of carbonyl (C=O) groups excluding carboxylic acids is 4. The number of hydrogen-bond donors (Lipinski definition) is 2. The molecule has 1 heterocycles. The van der Waals surface area contributed by atoms with Crippen molar-refractivity contribution >= 4 is 34.9 Å². The fourth-order valence-corrected chi connectivity index (χ4v) is 2.54. The molecule has 3 rings (SSSR count). The van der Waals surface area contributed by atoms with Gasteiger partial charge in [0.2, 0.25) is 0 Å². The molecule has 28 heavy (non-hydrogen) atoms. The van der Waals surface area contributed by atoms with E-state index in [1.807, 2.05) is 0 Å². The first-order chi connectivity index (χ1) is 13.3. The molecule has 0 saturated carbocycles. The van der Waals surface area contributed by atoms with Crippen LogP contribution in [-0.4, -0.2) is 36.3 Å². The molecule has 8 heteroatoms. The van der Waals surface area contributed by atoms with Gasteiger partial charge in [0, 0.05) is 11.3 Å². The third-order valence-electron chi connectivity index (χ3n) is 4.04. The first-order valence-electron chi connectivity index (χ1n) is 8.53. The third kappa shape index (κ3) is 4.35. The maximum atomic E-state index is 12.3. The van der Waals surface area contributed by atoms with Crippen molar-refractivity contribution in [2.45, 2.75) is 20.0 Å². The predicted octanol–water partition coefficient (Wildman–Crippen LogP) is 2.40. The summed E-state index contributed by atoms with van der Waals surface area (Å²) in [5.74, 6) is -1.28. The van der Waals surface area contributed by atoms with Crippen molar-refractivity contribution in [1.29, 1.82) is 0 Å². The molecule has 0 aliphatic carbocycles. The molecule has 1 aliphatic heterocycles. The molecule has 0 aromatic heterocycles. The number of ether oxygens (including phenoxy) is 2. The lowest BCUT2D eigenvalue weighted by atomic mass is 10.1. The molecule has 0 spiro atoms. The van der Waals surface area contributed by atoms with Crippen LogP contribution in [0.3, 0.4) is 0 Å². The molecular formula is C20H18N2O6. The van der Waals surface area contributed by atoms with Gasteiger partial charge in [-0.3, -0.25) is 14.4 Å². The predicted molar refractivity (Wildman–Crippen MR) is 101 cm³/mol. The van der Waals surface area contributed by atoms with Gasteiger partial charge in [-0.1, -0.05) is 12.1 Å². The van der Waals surface area contributed by atoms with Crippen molar-refractivity contribution in [3.8, 4) is 5.75 Å². The van der Waals surface area contributed by atoms with E-state index in [9.17, 15) is 19.2 Å². The van der Waals surface area contributed by atoms with Gasteiger partial charge in [0.05, 0.1) is 11.3 Å². The molecule has 0 bridgehead atoms. The summed E-state index contributed by atoms with van der Waals surface area (Å²) < 4.78 is 10.5. The highest BCUT2D eigenvalue weighted by Gasteiger charge is 2.22. The van der Waals surface area contributed by atoms with Gasteiger partial charge in [0.15, 0.2) is 18.5 Å². The Morgan fingerprint density at radius 3 is 2.68 bits per heavy atom. The number of nitrogens with one attached hydrogen (secondary N) is 2. The van der Waals surface area contributed by atoms with Gasteiger partial charge in [-0.15, -0.1) is 0 Å². The topological polar surface area (TPSA) is 111 Å². The number of rotatable bonds is 5. The molecule has 2 amide bonds. The SMILES string of the molecule is CC(=O)c1cccc(NC(=O)C(C)OC(=O)c2ccc3c(c2)OCC(=O)N3)c1. The zero-order chi connectivity index (χ0) is 20.3. The molecule has 1 aliphatic rings. The smallest absolute Gasteiger partial charge is 0.339 e. The minimum Gasteiger partial charge on any atom is -0.482 e. The van der Waals surface area contributed by atoms with Crippen molar-refractivity contribution in [1.82, 2.24) is 0 Å². The fraction of sp³-hybridized carbons (Fsp3) is 0.200. The number of hydrogen-bond acceptors (Lipinski definition) is 6. The number of fused-ring (bicyclic) bond motifs is 1. The average molecular weight is 382 g/mol. The van der Waals surface area contributed by atoms with Gasteiger partial charge in [-0.25, -0.2) is 4.79 Å². The second kappa shape index (κ2) is 7.91. The zero-order valence-electron chi connectivity index (χ0n) is 15.3. The van der Waals surface area contributed by atoms with Gasteiger partial charge in [0.25, 0.3) is 11.8 Å². The van der Waals surface area contributed by atoms with E-state index in [2.05, 4.69) is 10.6 Å². The minimum atomic E-state index is -1.06. The monoisotopic (exact) mass is 382 g/mol. The van der Waals surface area contributed by atoms with E-state index in [0.717, 1.165) is 0 Å². The minimum absolute atomic E-state index is 0.124. The average Bonchev–Trinajstić information content (AvgIpc) is 2.67. The van der Waals surface area contributed by atoms with Gasteiger partial charge in [-0.05, 0) is 44.2 Å². The quantitative estimate of drug-likeness (QED) is 0.607. The Morgan fingerprint density at radius 2 is 1.93 bits per heavy atom. The lowest BCUT2D eigenvalue weighted by Gasteiger charge is -2.19. The summed E-state index contributed by atoms with van der Waals surface area (Å²) in [6, 6.07) is 10.9. The molecule has 0 radical (unpaired) electrons. The van der Waals surface area contributed by atoms with E-state index in [0.29, 0.717) is 22.7 Å². The number of anilines is 2. The second-order valence-electron chi connectivity index (χ2n) is 6.22. The Hall–Kier alpha value is -3.68. The van der Waals surface area contributed by atoms with Crippen LogP contribution in [0.5, 0.6) is 5.75 Å². The largest absolute Gasteiger partial charge is 0.482 e. The van der Waals surface area contributed by atoms with Crippen molar-refractivity contribution in [3.05, 3.63) is 53.6 Å². The zero-order valence-corrected chi connectivity index (χ0v) is 15.3. The Balaban J connectivity index is 1.64. The molecule has 8 nitrogen and oxygen atoms in total. The van der Waals surface area contributed by atoms with E-state index in [1.165, 1.54) is 32.0 Å². The van der Waals surface area contributed by atoms with Gasteiger partial charge in [-0.2, -0.15) is 0 Å². The molecular weight excluding hydrogens is 364 g/mol. The maximum Gasteiger partial charge on any atom is 0.339 e. The molecule has 0 saturated heterocycles. The van der Waals surface area contributed by atoms with E-state index in [4.69, 9.17) is 9.47 Å². The Kier molecular flexibility index (Phi) is 5.39. The van der Waals surface area contributed by atoms with E-state index in [1.54, 1.807) is 24.3 Å². The van der Waals surface area contributed by atoms with Crippen molar-refractivity contribution < 1.29 is 28.7 Å². The van der Waals surface area contributed by atoms with E-state index in [-0.39, 0.29) is 23.9 Å². The summed E-state index contributed by atoms with van der Waals surface area (Å²) >= 11 is 0. The van der Waals surface area contributed by atoms with Crippen LogP contribution in [0, 0.1) is 0 Å².